The van der Waals surface area contributed by atoms with Gasteiger partial charge in [0, 0.05) is 26.3 Å². The van der Waals surface area contributed by atoms with Crippen molar-refractivity contribution in [2.75, 3.05) is 20.7 Å². The highest BCUT2D eigenvalue weighted by Gasteiger charge is 2.49. The number of nitrogens with zero attached hydrogens (tertiary/aromatic N) is 1. The Labute approximate surface area is 179 Å². The molecule has 2 bridgehead atoms. The van der Waals surface area contributed by atoms with Gasteiger partial charge >= 0.3 is 7.69 Å². The highest BCUT2D eigenvalue weighted by atomic mass is 16.5. The number of nitrogens with one attached hydrogen (secondary N) is 2. The minimum Gasteiger partial charge on any atom is -0.430 e. The van der Waals surface area contributed by atoms with Gasteiger partial charge in [-0.1, -0.05) is 12.1 Å². The number of amides is 1. The van der Waals surface area contributed by atoms with Crippen LogP contribution in [0, 0.1) is 5.41 Å². The van der Waals surface area contributed by atoms with Crippen LogP contribution in [0.3, 0.4) is 0 Å². The number of hydrogen-bond donors (Lipinski definition) is 3. The van der Waals surface area contributed by atoms with Crippen molar-refractivity contribution in [3.63, 3.8) is 0 Å². The summed E-state index contributed by atoms with van der Waals surface area (Å²) in [5.74, 6) is -0.205. The summed E-state index contributed by atoms with van der Waals surface area (Å²) in [6.07, 6.45) is 8.76. The van der Waals surface area contributed by atoms with E-state index in [1.54, 1.807) is 4.90 Å². The van der Waals surface area contributed by atoms with Gasteiger partial charge in [0.1, 0.15) is 6.23 Å². The maximum atomic E-state index is 12.7. The fourth-order valence-electron chi connectivity index (χ4n) is 4.97. The van der Waals surface area contributed by atoms with Gasteiger partial charge in [0.25, 0.3) is 5.91 Å². The third-order valence-corrected chi connectivity index (χ3v) is 7.14. The molecule has 4 rings (SSSR count). The predicted octanol–water partition coefficient (Wildman–Crippen LogP) is 2.33. The van der Waals surface area contributed by atoms with E-state index >= 15 is 0 Å². The summed E-state index contributed by atoms with van der Waals surface area (Å²) in [5.41, 5.74) is 2.23. The largest absolute Gasteiger partial charge is 0.436 e. The van der Waals surface area contributed by atoms with Crippen LogP contribution in [0.1, 0.15) is 67.3 Å². The van der Waals surface area contributed by atoms with Crippen molar-refractivity contribution in [2.45, 2.75) is 68.6 Å². The summed E-state index contributed by atoms with van der Waals surface area (Å²) in [7, 11) is 3.21. The molecule has 0 heterocycles. The van der Waals surface area contributed by atoms with Crippen LogP contribution in [0.15, 0.2) is 24.3 Å². The molecule has 0 radical (unpaired) electrons. The third-order valence-electron chi connectivity index (χ3n) is 7.14. The molecule has 0 aromatic heterocycles. The van der Waals surface area contributed by atoms with Gasteiger partial charge in [0.2, 0.25) is 0 Å². The van der Waals surface area contributed by atoms with Gasteiger partial charge in [-0.25, -0.2) is 0 Å². The van der Waals surface area contributed by atoms with Crippen molar-refractivity contribution >= 4 is 19.9 Å². The van der Waals surface area contributed by atoms with Crippen molar-refractivity contribution in [2.24, 2.45) is 0 Å². The van der Waals surface area contributed by atoms with Gasteiger partial charge < -0.3 is 24.6 Å². The van der Waals surface area contributed by atoms with Crippen LogP contribution in [0.5, 0.6) is 0 Å². The highest BCUT2D eigenvalue weighted by molar-refractivity contribution is 6.16. The molecular formula is C22H34BN3O4. The molecule has 3 aliphatic rings. The average Bonchev–Trinajstić information content (AvgIpc) is 2.80. The van der Waals surface area contributed by atoms with E-state index < -0.39 is 13.9 Å². The summed E-state index contributed by atoms with van der Waals surface area (Å²) in [6, 6.07) is 7.98. The smallest absolute Gasteiger partial charge is 0.430 e. The molecule has 164 valence electrons. The normalized spacial score (nSPS) is 26.1. The molecule has 0 saturated heterocycles. The second-order valence-electron chi connectivity index (χ2n) is 8.75. The Bertz CT molecular complexity index is 703. The summed E-state index contributed by atoms with van der Waals surface area (Å²) in [5, 5.41) is 19.2. The first kappa shape index (κ1) is 22.8. The number of rotatable bonds is 11. The summed E-state index contributed by atoms with van der Waals surface area (Å²) >= 11 is 0. The molecule has 1 amide bonds. The lowest BCUT2D eigenvalue weighted by atomic mass is 9.56. The van der Waals surface area contributed by atoms with Crippen molar-refractivity contribution in [3.05, 3.63) is 35.4 Å². The van der Waals surface area contributed by atoms with Crippen LogP contribution in [0.4, 0.5) is 0 Å². The number of fused-ring (bicyclic) bond motifs is 3. The molecule has 30 heavy (non-hydrogen) atoms. The van der Waals surface area contributed by atoms with E-state index in [4.69, 9.17) is 19.8 Å². The molecule has 3 fully saturated rings. The van der Waals surface area contributed by atoms with E-state index in [9.17, 15) is 4.79 Å². The van der Waals surface area contributed by atoms with Gasteiger partial charge in [-0.05, 0) is 74.5 Å². The minimum atomic E-state index is -0.557. The molecule has 0 spiro atoms. The molecule has 7 nitrogen and oxygen atoms in total. The molecule has 8 heteroatoms. The number of hydrogen-bond acceptors (Lipinski definition) is 5. The zero-order chi connectivity index (χ0) is 21.6. The quantitative estimate of drug-likeness (QED) is 0.223. The lowest BCUT2D eigenvalue weighted by molar-refractivity contribution is -0.0955. The molecule has 3 saturated carbocycles. The Morgan fingerprint density at radius 1 is 1.27 bits per heavy atom. The predicted molar refractivity (Wildman–Crippen MR) is 118 cm³/mol. The monoisotopic (exact) mass is 415 g/mol. The van der Waals surface area contributed by atoms with E-state index in [-0.39, 0.29) is 16.9 Å². The van der Waals surface area contributed by atoms with E-state index in [1.807, 2.05) is 26.3 Å². The van der Waals surface area contributed by atoms with Crippen molar-refractivity contribution in [3.8, 4) is 0 Å². The molecule has 0 aliphatic heterocycles. The van der Waals surface area contributed by atoms with Crippen molar-refractivity contribution < 1.29 is 19.2 Å². The van der Waals surface area contributed by atoms with Crippen molar-refractivity contribution in [1.29, 1.82) is 5.41 Å². The Morgan fingerprint density at radius 2 is 1.90 bits per heavy atom. The SMILES string of the molecule is COC12CCC(c3ccc(C(=O)N[C@@H](CCCN(C)C=N)OBO)cc3)(CC1)CC2. The van der Waals surface area contributed by atoms with E-state index in [2.05, 4.69) is 17.4 Å². The molecule has 0 unspecified atom stereocenters. The fraction of sp³-hybridized carbons (Fsp3) is 0.636. The van der Waals surface area contributed by atoms with Gasteiger partial charge in [-0.2, -0.15) is 0 Å². The number of benzene rings is 1. The van der Waals surface area contributed by atoms with Crippen LogP contribution in [-0.2, 0) is 14.8 Å². The first-order chi connectivity index (χ1) is 14.5. The van der Waals surface area contributed by atoms with Crippen LogP contribution < -0.4 is 5.32 Å². The second-order valence-corrected chi connectivity index (χ2v) is 8.75. The first-order valence-electron chi connectivity index (χ1n) is 10.9. The Balaban J connectivity index is 1.58. The summed E-state index contributed by atoms with van der Waals surface area (Å²) in [6.45, 7) is 0.686. The second kappa shape index (κ2) is 9.94. The van der Waals surface area contributed by atoms with Crippen LogP contribution in [0.2, 0.25) is 0 Å². The molecule has 1 aromatic carbocycles. The van der Waals surface area contributed by atoms with E-state index in [1.165, 1.54) is 11.9 Å². The molecular weight excluding hydrogens is 381 g/mol. The van der Waals surface area contributed by atoms with Crippen molar-refractivity contribution in [1.82, 2.24) is 10.2 Å². The molecule has 3 aliphatic carbocycles. The Morgan fingerprint density at radius 3 is 2.43 bits per heavy atom. The molecule has 1 aromatic rings. The Hall–Kier alpha value is -1.90. The van der Waals surface area contributed by atoms with Gasteiger partial charge in [-0.15, -0.1) is 0 Å². The van der Waals surface area contributed by atoms with Gasteiger partial charge in [0.05, 0.1) is 11.9 Å². The number of ether oxygens (including phenoxy) is 1. The van der Waals surface area contributed by atoms with E-state index in [0.717, 1.165) is 44.9 Å². The van der Waals surface area contributed by atoms with Crippen LogP contribution in [0.25, 0.3) is 0 Å². The zero-order valence-corrected chi connectivity index (χ0v) is 18.2. The van der Waals surface area contributed by atoms with Gasteiger partial charge in [0.15, 0.2) is 0 Å². The van der Waals surface area contributed by atoms with Gasteiger partial charge in [-0.3, -0.25) is 10.2 Å². The lowest BCUT2D eigenvalue weighted by Crippen LogP contribution is -2.49. The van der Waals surface area contributed by atoms with E-state index in [0.29, 0.717) is 18.5 Å². The number of carbonyl (C=O) groups excluding carboxylic acids is 1. The number of carbonyl (C=O) groups is 1. The highest BCUT2D eigenvalue weighted by Crippen LogP contribution is 2.54. The van der Waals surface area contributed by atoms with Crippen LogP contribution >= 0.6 is 0 Å². The van der Waals surface area contributed by atoms with Crippen LogP contribution in [-0.4, -0.2) is 62.4 Å². The fourth-order valence-corrected chi connectivity index (χ4v) is 4.97. The number of methoxy groups -OCH3 is 1. The zero-order valence-electron chi connectivity index (χ0n) is 18.2. The molecule has 3 N–H and O–H groups in total. The maximum Gasteiger partial charge on any atom is 0.436 e. The minimum absolute atomic E-state index is 0.0940. The topological polar surface area (TPSA) is 94.9 Å². The lowest BCUT2D eigenvalue weighted by Gasteiger charge is -2.53. The Kier molecular flexibility index (Phi) is 7.55. The summed E-state index contributed by atoms with van der Waals surface area (Å²) < 4.78 is 11.1. The average molecular weight is 415 g/mol. The molecule has 1 atom stereocenters. The maximum absolute atomic E-state index is 12.7. The summed E-state index contributed by atoms with van der Waals surface area (Å²) in [4.78, 5) is 14.4. The first-order valence-corrected chi connectivity index (χ1v) is 10.9. The standard InChI is InChI=1S/C22H34BN3O4/c1-26(16-24)15-3-4-19(30-23-28)25-20(27)17-5-7-18(8-6-17)21-9-12-22(29-2,13-10-21)14-11-21/h5-8,16,19,23-24,28H,3-4,9-15H2,1-2H3,(H,25,27)/t19-,21?,22?/m1/s1. The third kappa shape index (κ3) is 5.05.